The molecule has 140 valence electrons. The number of amides is 1. The number of carbonyl (C=O) groups is 1. The standard InChI is InChI=1S/C19H20N4O3S/c24-17(14-5-2-1-3-6-14)20-15-8-10-22(11-9-15)13-23-19(25)26-18(21-23)16-7-4-12-27-16/h1-7,12,15H,8-11,13H2,(H,20,24). The van der Waals surface area contributed by atoms with Gasteiger partial charge in [-0.15, -0.1) is 16.4 Å². The maximum Gasteiger partial charge on any atom is 0.438 e. The number of thiophene rings is 1. The van der Waals surface area contributed by atoms with Crippen molar-refractivity contribution in [3.63, 3.8) is 0 Å². The van der Waals surface area contributed by atoms with Crippen LogP contribution < -0.4 is 11.1 Å². The second kappa shape index (κ2) is 7.89. The van der Waals surface area contributed by atoms with Crippen LogP contribution in [0.4, 0.5) is 0 Å². The van der Waals surface area contributed by atoms with E-state index in [4.69, 9.17) is 4.42 Å². The number of nitrogens with one attached hydrogen (secondary N) is 1. The number of piperidine rings is 1. The summed E-state index contributed by atoms with van der Waals surface area (Å²) >= 11 is 1.49. The number of likely N-dealkylation sites (tertiary alicyclic amines) is 1. The molecule has 8 heteroatoms. The Morgan fingerprint density at radius 2 is 1.96 bits per heavy atom. The van der Waals surface area contributed by atoms with E-state index >= 15 is 0 Å². The SMILES string of the molecule is O=C(NC1CCN(Cn2nc(-c3cccs3)oc2=O)CC1)c1ccccc1. The van der Waals surface area contributed by atoms with Gasteiger partial charge in [-0.25, -0.2) is 4.79 Å². The normalized spacial score (nSPS) is 15.7. The van der Waals surface area contributed by atoms with Gasteiger partial charge in [-0.2, -0.15) is 4.68 Å². The Balaban J connectivity index is 1.31. The van der Waals surface area contributed by atoms with Gasteiger partial charge in [0, 0.05) is 24.7 Å². The number of aromatic nitrogens is 2. The summed E-state index contributed by atoms with van der Waals surface area (Å²) in [6.07, 6.45) is 1.67. The van der Waals surface area contributed by atoms with Gasteiger partial charge in [-0.3, -0.25) is 9.69 Å². The van der Waals surface area contributed by atoms with Gasteiger partial charge in [0.05, 0.1) is 4.88 Å². The Morgan fingerprint density at radius 3 is 2.67 bits per heavy atom. The van der Waals surface area contributed by atoms with Crippen LogP contribution in [0.15, 0.2) is 57.1 Å². The van der Waals surface area contributed by atoms with E-state index in [1.807, 2.05) is 47.8 Å². The van der Waals surface area contributed by atoms with Gasteiger partial charge in [0.1, 0.15) is 6.67 Å². The molecule has 4 rings (SSSR count). The van der Waals surface area contributed by atoms with Crippen LogP contribution in [0.5, 0.6) is 0 Å². The molecule has 3 heterocycles. The molecular weight excluding hydrogens is 364 g/mol. The molecule has 2 aromatic heterocycles. The van der Waals surface area contributed by atoms with Gasteiger partial charge in [0.25, 0.3) is 11.8 Å². The molecule has 0 radical (unpaired) electrons. The van der Waals surface area contributed by atoms with Crippen LogP contribution in [-0.4, -0.2) is 39.7 Å². The lowest BCUT2D eigenvalue weighted by atomic mass is 10.0. The molecule has 1 aliphatic heterocycles. The Morgan fingerprint density at radius 1 is 1.19 bits per heavy atom. The number of benzene rings is 1. The van der Waals surface area contributed by atoms with Crippen molar-refractivity contribution in [2.75, 3.05) is 13.1 Å². The van der Waals surface area contributed by atoms with E-state index in [0.717, 1.165) is 30.8 Å². The maximum atomic E-state index is 12.3. The van der Waals surface area contributed by atoms with Crippen LogP contribution in [-0.2, 0) is 6.67 Å². The summed E-state index contributed by atoms with van der Waals surface area (Å²) in [6, 6.07) is 13.2. The molecule has 1 aliphatic rings. The molecule has 0 unspecified atom stereocenters. The fourth-order valence-electron chi connectivity index (χ4n) is 3.16. The molecule has 27 heavy (non-hydrogen) atoms. The summed E-state index contributed by atoms with van der Waals surface area (Å²) in [5.41, 5.74) is 0.676. The van der Waals surface area contributed by atoms with Gasteiger partial charge in [-0.1, -0.05) is 24.3 Å². The quantitative estimate of drug-likeness (QED) is 0.731. The van der Waals surface area contributed by atoms with Crippen molar-refractivity contribution in [2.24, 2.45) is 0 Å². The summed E-state index contributed by atoms with van der Waals surface area (Å²) in [5.74, 6) is -0.125. The second-order valence-electron chi connectivity index (χ2n) is 6.52. The van der Waals surface area contributed by atoms with Crippen LogP contribution in [0.25, 0.3) is 10.8 Å². The number of nitrogens with zero attached hydrogens (tertiary/aromatic N) is 3. The molecule has 1 saturated heterocycles. The Bertz CT molecular complexity index is 941. The van der Waals surface area contributed by atoms with E-state index in [9.17, 15) is 9.59 Å². The second-order valence-corrected chi connectivity index (χ2v) is 7.47. The highest BCUT2D eigenvalue weighted by Gasteiger charge is 2.22. The molecule has 1 aromatic carbocycles. The van der Waals surface area contributed by atoms with E-state index in [1.165, 1.54) is 16.0 Å². The van der Waals surface area contributed by atoms with Crippen molar-refractivity contribution in [1.29, 1.82) is 0 Å². The lowest BCUT2D eigenvalue weighted by Gasteiger charge is -2.31. The fourth-order valence-corrected chi connectivity index (χ4v) is 3.81. The number of carbonyl (C=O) groups excluding carboxylic acids is 1. The van der Waals surface area contributed by atoms with Crippen molar-refractivity contribution in [3.05, 3.63) is 64.0 Å². The van der Waals surface area contributed by atoms with Crippen LogP contribution in [0.3, 0.4) is 0 Å². The zero-order chi connectivity index (χ0) is 18.6. The third-order valence-electron chi connectivity index (χ3n) is 4.63. The van der Waals surface area contributed by atoms with Gasteiger partial charge < -0.3 is 9.73 Å². The third-order valence-corrected chi connectivity index (χ3v) is 5.49. The highest BCUT2D eigenvalue weighted by Crippen LogP contribution is 2.21. The van der Waals surface area contributed by atoms with Crippen molar-refractivity contribution >= 4 is 17.2 Å². The lowest BCUT2D eigenvalue weighted by molar-refractivity contribution is 0.0894. The largest absolute Gasteiger partial charge is 0.438 e. The predicted molar refractivity (Wildman–Crippen MR) is 103 cm³/mol. The maximum absolute atomic E-state index is 12.3. The zero-order valence-corrected chi connectivity index (χ0v) is 15.5. The summed E-state index contributed by atoms with van der Waals surface area (Å²) < 4.78 is 6.61. The lowest BCUT2D eigenvalue weighted by Crippen LogP contribution is -2.45. The van der Waals surface area contributed by atoms with Crippen LogP contribution in [0, 0.1) is 0 Å². The summed E-state index contributed by atoms with van der Waals surface area (Å²) in [5, 5.41) is 9.30. The topological polar surface area (TPSA) is 80.4 Å². The predicted octanol–water partition coefficient (Wildman–Crippen LogP) is 2.42. The first-order valence-electron chi connectivity index (χ1n) is 8.89. The smallest absolute Gasteiger partial charge is 0.387 e. The fraction of sp³-hybridized carbons (Fsp3) is 0.316. The van der Waals surface area contributed by atoms with Gasteiger partial charge in [0.2, 0.25) is 0 Å². The van der Waals surface area contributed by atoms with E-state index in [-0.39, 0.29) is 11.9 Å². The zero-order valence-electron chi connectivity index (χ0n) is 14.7. The number of hydrogen-bond donors (Lipinski definition) is 1. The first-order chi connectivity index (χ1) is 13.2. The molecule has 0 atom stereocenters. The van der Waals surface area contributed by atoms with Gasteiger partial charge >= 0.3 is 5.76 Å². The van der Waals surface area contributed by atoms with Crippen LogP contribution in [0.1, 0.15) is 23.2 Å². The van der Waals surface area contributed by atoms with E-state index < -0.39 is 5.76 Å². The third kappa shape index (κ3) is 4.17. The Labute approximate surface area is 160 Å². The molecule has 0 aliphatic carbocycles. The minimum Gasteiger partial charge on any atom is -0.387 e. The van der Waals surface area contributed by atoms with Gasteiger partial charge in [-0.05, 0) is 36.4 Å². The van der Waals surface area contributed by atoms with Crippen LogP contribution in [0.2, 0.25) is 0 Å². The summed E-state index contributed by atoms with van der Waals surface area (Å²) in [4.78, 5) is 27.3. The first kappa shape index (κ1) is 17.7. The molecule has 0 spiro atoms. The molecule has 1 amide bonds. The molecular formula is C19H20N4O3S. The molecule has 1 fully saturated rings. The number of rotatable bonds is 5. The average molecular weight is 384 g/mol. The summed E-state index contributed by atoms with van der Waals surface area (Å²) in [6.45, 7) is 1.97. The number of hydrogen-bond acceptors (Lipinski definition) is 6. The average Bonchev–Trinajstić information content (AvgIpc) is 3.34. The monoisotopic (exact) mass is 384 g/mol. The van der Waals surface area contributed by atoms with Crippen molar-refractivity contribution < 1.29 is 9.21 Å². The Kier molecular flexibility index (Phi) is 5.17. The molecule has 1 N–H and O–H groups in total. The molecule has 0 bridgehead atoms. The van der Waals surface area contributed by atoms with E-state index in [1.54, 1.807) is 0 Å². The highest BCUT2D eigenvalue weighted by molar-refractivity contribution is 7.13. The molecule has 7 nitrogen and oxygen atoms in total. The first-order valence-corrected chi connectivity index (χ1v) is 9.77. The van der Waals surface area contributed by atoms with Crippen molar-refractivity contribution in [1.82, 2.24) is 20.0 Å². The van der Waals surface area contributed by atoms with Crippen LogP contribution >= 0.6 is 11.3 Å². The van der Waals surface area contributed by atoms with E-state index in [2.05, 4.69) is 15.3 Å². The van der Waals surface area contributed by atoms with Crippen molar-refractivity contribution in [3.8, 4) is 10.8 Å². The highest BCUT2D eigenvalue weighted by atomic mass is 32.1. The van der Waals surface area contributed by atoms with Crippen molar-refractivity contribution in [2.45, 2.75) is 25.6 Å². The summed E-state index contributed by atoms with van der Waals surface area (Å²) in [7, 11) is 0. The Hall–Kier alpha value is -2.71. The minimum absolute atomic E-state index is 0.0395. The molecule has 3 aromatic rings. The van der Waals surface area contributed by atoms with E-state index in [0.29, 0.717) is 18.1 Å². The van der Waals surface area contributed by atoms with Gasteiger partial charge in [0.15, 0.2) is 0 Å². The molecule has 0 saturated carbocycles. The minimum atomic E-state index is -0.446.